The van der Waals surface area contributed by atoms with Crippen molar-refractivity contribution in [1.29, 1.82) is 0 Å². The van der Waals surface area contributed by atoms with E-state index in [0.29, 0.717) is 0 Å². The summed E-state index contributed by atoms with van der Waals surface area (Å²) >= 11 is 0. The molecule has 1 aliphatic heterocycles. The molecule has 0 amide bonds. The highest BCUT2D eigenvalue weighted by Crippen LogP contribution is 2.09. The molecule has 0 bridgehead atoms. The molecule has 0 spiro atoms. The van der Waals surface area contributed by atoms with Crippen molar-refractivity contribution in [3.8, 4) is 0 Å². The van der Waals surface area contributed by atoms with E-state index in [1.54, 1.807) is 18.6 Å². The first kappa shape index (κ1) is 13.8. The summed E-state index contributed by atoms with van der Waals surface area (Å²) in [6.45, 7) is 5.99. The number of pyridine rings is 1. The minimum absolute atomic E-state index is 0.837. The molecule has 1 saturated heterocycles. The highest BCUT2D eigenvalue weighted by atomic mass is 15.3. The third kappa shape index (κ3) is 3.88. The standard InChI is InChI=1S/C15H20N6/c1-2-5-16-14(4-1)17-8-9-20-10-12-21(13-11-20)15-18-6-3-7-19-15/h1-7H,8-13H2,(H,16,17). The van der Waals surface area contributed by atoms with E-state index in [0.717, 1.165) is 51.0 Å². The maximum absolute atomic E-state index is 4.30. The second-order valence-electron chi connectivity index (χ2n) is 5.02. The van der Waals surface area contributed by atoms with Crippen molar-refractivity contribution < 1.29 is 0 Å². The molecule has 3 rings (SSSR count). The molecule has 0 saturated carbocycles. The van der Waals surface area contributed by atoms with E-state index < -0.39 is 0 Å². The van der Waals surface area contributed by atoms with E-state index in [9.17, 15) is 0 Å². The molecule has 21 heavy (non-hydrogen) atoms. The number of rotatable bonds is 5. The van der Waals surface area contributed by atoms with Crippen molar-refractivity contribution >= 4 is 11.8 Å². The molecule has 1 aliphatic rings. The summed E-state index contributed by atoms with van der Waals surface area (Å²) in [5.74, 6) is 1.78. The summed E-state index contributed by atoms with van der Waals surface area (Å²) in [5.41, 5.74) is 0. The van der Waals surface area contributed by atoms with Crippen LogP contribution in [-0.2, 0) is 0 Å². The minimum Gasteiger partial charge on any atom is -0.369 e. The summed E-state index contributed by atoms with van der Waals surface area (Å²) in [6.07, 6.45) is 5.40. The van der Waals surface area contributed by atoms with Crippen LogP contribution >= 0.6 is 0 Å². The van der Waals surface area contributed by atoms with Gasteiger partial charge in [-0.25, -0.2) is 15.0 Å². The molecule has 0 aliphatic carbocycles. The Morgan fingerprint density at radius 3 is 2.38 bits per heavy atom. The van der Waals surface area contributed by atoms with Crippen LogP contribution in [0, 0.1) is 0 Å². The van der Waals surface area contributed by atoms with Gasteiger partial charge in [0, 0.05) is 57.9 Å². The van der Waals surface area contributed by atoms with E-state index in [4.69, 9.17) is 0 Å². The number of piperazine rings is 1. The van der Waals surface area contributed by atoms with E-state index in [-0.39, 0.29) is 0 Å². The molecule has 6 nitrogen and oxygen atoms in total. The van der Waals surface area contributed by atoms with Gasteiger partial charge in [0.2, 0.25) is 5.95 Å². The Labute approximate surface area is 124 Å². The first-order valence-corrected chi connectivity index (χ1v) is 7.31. The summed E-state index contributed by atoms with van der Waals surface area (Å²) in [7, 11) is 0. The van der Waals surface area contributed by atoms with Gasteiger partial charge in [0.15, 0.2) is 0 Å². The normalized spacial score (nSPS) is 15.9. The molecule has 6 heteroatoms. The van der Waals surface area contributed by atoms with Crippen LogP contribution < -0.4 is 10.2 Å². The summed E-state index contributed by atoms with van der Waals surface area (Å²) < 4.78 is 0. The van der Waals surface area contributed by atoms with Crippen molar-refractivity contribution in [2.45, 2.75) is 0 Å². The molecule has 2 aromatic heterocycles. The van der Waals surface area contributed by atoms with Gasteiger partial charge >= 0.3 is 0 Å². The Hall–Kier alpha value is -2.21. The summed E-state index contributed by atoms with van der Waals surface area (Å²) in [4.78, 5) is 17.6. The maximum atomic E-state index is 4.30. The molecule has 0 unspecified atom stereocenters. The van der Waals surface area contributed by atoms with Gasteiger partial charge in [-0.15, -0.1) is 0 Å². The van der Waals surface area contributed by atoms with Gasteiger partial charge < -0.3 is 10.2 Å². The summed E-state index contributed by atoms with van der Waals surface area (Å²) in [6, 6.07) is 7.76. The van der Waals surface area contributed by atoms with Crippen LogP contribution in [0.2, 0.25) is 0 Å². The van der Waals surface area contributed by atoms with Crippen LogP contribution in [0.25, 0.3) is 0 Å². The molecule has 0 aromatic carbocycles. The number of nitrogens with one attached hydrogen (secondary N) is 1. The van der Waals surface area contributed by atoms with Gasteiger partial charge in [-0.2, -0.15) is 0 Å². The molecule has 110 valence electrons. The van der Waals surface area contributed by atoms with Gasteiger partial charge in [0.25, 0.3) is 0 Å². The van der Waals surface area contributed by atoms with Crippen LogP contribution in [0.3, 0.4) is 0 Å². The Balaban J connectivity index is 1.40. The number of hydrogen-bond donors (Lipinski definition) is 1. The predicted molar refractivity (Wildman–Crippen MR) is 83.4 cm³/mol. The van der Waals surface area contributed by atoms with Gasteiger partial charge in [-0.05, 0) is 18.2 Å². The molecule has 1 fully saturated rings. The second-order valence-corrected chi connectivity index (χ2v) is 5.02. The monoisotopic (exact) mass is 284 g/mol. The molecule has 0 radical (unpaired) electrons. The zero-order valence-electron chi connectivity index (χ0n) is 12.0. The van der Waals surface area contributed by atoms with E-state index in [2.05, 4.69) is 30.1 Å². The van der Waals surface area contributed by atoms with Crippen LogP contribution in [0.4, 0.5) is 11.8 Å². The number of nitrogens with zero attached hydrogens (tertiary/aromatic N) is 5. The largest absolute Gasteiger partial charge is 0.369 e. The lowest BCUT2D eigenvalue weighted by atomic mass is 10.3. The molecule has 2 aromatic rings. The molecule has 1 N–H and O–H groups in total. The Morgan fingerprint density at radius 2 is 1.67 bits per heavy atom. The first-order valence-electron chi connectivity index (χ1n) is 7.31. The van der Waals surface area contributed by atoms with Crippen molar-refractivity contribution in [3.05, 3.63) is 42.9 Å². The fraction of sp³-hybridized carbons (Fsp3) is 0.400. The third-order valence-electron chi connectivity index (χ3n) is 3.61. The fourth-order valence-electron chi connectivity index (χ4n) is 2.44. The van der Waals surface area contributed by atoms with Crippen LogP contribution in [0.5, 0.6) is 0 Å². The average molecular weight is 284 g/mol. The Kier molecular flexibility index (Phi) is 4.58. The van der Waals surface area contributed by atoms with Crippen molar-refractivity contribution in [3.63, 3.8) is 0 Å². The number of aromatic nitrogens is 3. The molecular weight excluding hydrogens is 264 g/mol. The number of anilines is 2. The third-order valence-corrected chi connectivity index (χ3v) is 3.61. The van der Waals surface area contributed by atoms with E-state index in [1.807, 2.05) is 24.3 Å². The second kappa shape index (κ2) is 6.99. The smallest absolute Gasteiger partial charge is 0.225 e. The maximum Gasteiger partial charge on any atom is 0.225 e. The fourth-order valence-corrected chi connectivity index (χ4v) is 2.44. The average Bonchev–Trinajstić information content (AvgIpc) is 2.57. The van der Waals surface area contributed by atoms with Crippen molar-refractivity contribution in [1.82, 2.24) is 19.9 Å². The van der Waals surface area contributed by atoms with Gasteiger partial charge in [-0.3, -0.25) is 4.90 Å². The van der Waals surface area contributed by atoms with Crippen LogP contribution in [0.15, 0.2) is 42.9 Å². The predicted octanol–water partition coefficient (Wildman–Crippen LogP) is 1.11. The van der Waals surface area contributed by atoms with Gasteiger partial charge in [-0.1, -0.05) is 6.07 Å². The highest BCUT2D eigenvalue weighted by Gasteiger charge is 2.18. The lowest BCUT2D eigenvalue weighted by molar-refractivity contribution is 0.266. The van der Waals surface area contributed by atoms with Crippen LogP contribution in [0.1, 0.15) is 0 Å². The van der Waals surface area contributed by atoms with Crippen LogP contribution in [-0.4, -0.2) is 59.1 Å². The lowest BCUT2D eigenvalue weighted by Gasteiger charge is -2.34. The zero-order valence-corrected chi connectivity index (χ0v) is 12.0. The molecule has 3 heterocycles. The van der Waals surface area contributed by atoms with Gasteiger partial charge in [0.05, 0.1) is 0 Å². The first-order chi connectivity index (χ1) is 10.4. The minimum atomic E-state index is 0.837. The highest BCUT2D eigenvalue weighted by molar-refractivity contribution is 5.33. The SMILES string of the molecule is c1ccc(NCCN2CCN(c3ncccn3)CC2)nc1. The Bertz CT molecular complexity index is 522. The van der Waals surface area contributed by atoms with Crippen molar-refractivity contribution in [2.24, 2.45) is 0 Å². The van der Waals surface area contributed by atoms with E-state index >= 15 is 0 Å². The lowest BCUT2D eigenvalue weighted by Crippen LogP contribution is -2.48. The van der Waals surface area contributed by atoms with Gasteiger partial charge in [0.1, 0.15) is 5.82 Å². The molecule has 0 atom stereocenters. The quantitative estimate of drug-likeness (QED) is 0.887. The van der Waals surface area contributed by atoms with E-state index in [1.165, 1.54) is 0 Å². The number of hydrogen-bond acceptors (Lipinski definition) is 6. The molecular formula is C15H20N6. The Morgan fingerprint density at radius 1 is 0.905 bits per heavy atom. The zero-order chi connectivity index (χ0) is 14.3. The van der Waals surface area contributed by atoms with Crippen molar-refractivity contribution in [2.75, 3.05) is 49.5 Å². The topological polar surface area (TPSA) is 57.2 Å². The summed E-state index contributed by atoms with van der Waals surface area (Å²) in [5, 5.41) is 3.34.